The van der Waals surface area contributed by atoms with Gasteiger partial charge in [0.25, 0.3) is 0 Å². The molecule has 3 aromatic rings. The zero-order valence-corrected chi connectivity index (χ0v) is 27.8. The quantitative estimate of drug-likeness (QED) is 0.134. The fourth-order valence-corrected chi connectivity index (χ4v) is 5.24. The van der Waals surface area contributed by atoms with Crippen LogP contribution in [-0.4, -0.2) is 52.9 Å². The summed E-state index contributed by atoms with van der Waals surface area (Å²) in [6, 6.07) is 15.4. The summed E-state index contributed by atoms with van der Waals surface area (Å²) < 4.78 is 19.9. The first kappa shape index (κ1) is 35.8. The van der Waals surface area contributed by atoms with Gasteiger partial charge in [-0.3, -0.25) is 4.90 Å². The third-order valence-corrected chi connectivity index (χ3v) is 7.76. The number of likely N-dealkylation sites (tertiary alicyclic amines) is 1. The monoisotopic (exact) mass is 652 g/mol. The van der Waals surface area contributed by atoms with Crippen molar-refractivity contribution in [2.45, 2.75) is 52.6 Å². The molecule has 0 spiro atoms. The molecule has 1 fully saturated rings. The molecule has 0 unspecified atom stereocenters. The molecular weight excluding hydrogens is 611 g/mol. The van der Waals surface area contributed by atoms with E-state index in [-0.39, 0.29) is 18.1 Å². The molecule has 1 aromatic heterocycles. The Labute approximate surface area is 276 Å². The summed E-state index contributed by atoms with van der Waals surface area (Å²) in [6.07, 6.45) is 2.50. The predicted octanol–water partition coefficient (Wildman–Crippen LogP) is 8.54. The number of aryl methyl sites for hydroxylation is 1. The summed E-state index contributed by atoms with van der Waals surface area (Å²) in [6.45, 7) is 16.8. The zero-order chi connectivity index (χ0) is 33.1. The van der Waals surface area contributed by atoms with Crippen molar-refractivity contribution in [2.75, 3.05) is 31.1 Å². The van der Waals surface area contributed by atoms with Crippen molar-refractivity contribution < 1.29 is 19.0 Å². The number of piperidine rings is 1. The number of benzene rings is 2. The van der Waals surface area contributed by atoms with Gasteiger partial charge in [0.2, 0.25) is 5.88 Å². The second-order valence-corrected chi connectivity index (χ2v) is 12.4. The molecule has 0 saturated carbocycles. The molecule has 10 heteroatoms. The van der Waals surface area contributed by atoms with Crippen molar-refractivity contribution in [3.05, 3.63) is 112 Å². The molecule has 0 amide bonds. The molecule has 240 valence electrons. The fourth-order valence-electron chi connectivity index (χ4n) is 4.98. The predicted molar refractivity (Wildman–Crippen MR) is 185 cm³/mol. The lowest BCUT2D eigenvalue weighted by molar-refractivity contribution is 0.0697. The molecule has 1 aliphatic rings. The first-order valence-corrected chi connectivity index (χ1v) is 15.6. The number of anilines is 1. The molecule has 4 rings (SSSR count). The van der Waals surface area contributed by atoms with Crippen molar-refractivity contribution in [3.63, 3.8) is 0 Å². The number of carboxylic acids is 1. The second kappa shape index (κ2) is 17.1. The lowest BCUT2D eigenvalue weighted by Gasteiger charge is -2.36. The Kier molecular flexibility index (Phi) is 13.6. The molecule has 0 bridgehead atoms. The van der Waals surface area contributed by atoms with E-state index in [1.807, 2.05) is 25.1 Å². The van der Waals surface area contributed by atoms with Crippen LogP contribution in [0.2, 0.25) is 5.02 Å². The van der Waals surface area contributed by atoms with Crippen LogP contribution in [0.15, 0.2) is 78.4 Å². The normalized spacial score (nSPS) is 13.4. The highest BCUT2D eigenvalue weighted by Gasteiger charge is 2.24. The maximum absolute atomic E-state index is 14.1. The number of nitrogens with zero attached hydrogens (tertiary/aromatic N) is 3. The topological polar surface area (TPSA) is 89.8 Å². The van der Waals surface area contributed by atoms with Crippen molar-refractivity contribution in [3.8, 4) is 5.88 Å². The second-order valence-electron chi connectivity index (χ2n) is 11.3. The summed E-state index contributed by atoms with van der Waals surface area (Å²) in [5.74, 6) is -0.610. The number of hydrogen-bond donors (Lipinski definition) is 3. The minimum atomic E-state index is -0.960. The van der Waals surface area contributed by atoms with Crippen molar-refractivity contribution in [1.29, 1.82) is 5.41 Å². The summed E-state index contributed by atoms with van der Waals surface area (Å²) in [5, 5.41) is 16.4. The zero-order valence-electron chi connectivity index (χ0n) is 26.2. The number of pyridine rings is 1. The first-order valence-electron chi connectivity index (χ1n) is 14.8. The molecule has 2 heterocycles. The third kappa shape index (κ3) is 11.3. The van der Waals surface area contributed by atoms with Gasteiger partial charge in [-0.1, -0.05) is 43.0 Å². The third-order valence-electron chi connectivity index (χ3n) is 7.30. The maximum atomic E-state index is 14.1. The minimum absolute atomic E-state index is 0.0753. The first-order chi connectivity index (χ1) is 21.3. The van der Waals surface area contributed by atoms with E-state index in [4.69, 9.17) is 26.7 Å². The smallest absolute Gasteiger partial charge is 0.335 e. The number of aromatic carboxylic acids is 1. The number of carbonyl (C=O) groups is 1. The van der Waals surface area contributed by atoms with Gasteiger partial charge in [-0.05, 0) is 93.9 Å². The van der Waals surface area contributed by atoms with E-state index in [0.29, 0.717) is 41.7 Å². The summed E-state index contributed by atoms with van der Waals surface area (Å²) in [4.78, 5) is 21.5. The van der Waals surface area contributed by atoms with Gasteiger partial charge in [0.1, 0.15) is 12.4 Å². The Morgan fingerprint density at radius 3 is 2.49 bits per heavy atom. The Morgan fingerprint density at radius 2 is 1.87 bits per heavy atom. The number of halogens is 2. The van der Waals surface area contributed by atoms with Crippen molar-refractivity contribution >= 4 is 41.6 Å². The van der Waals surface area contributed by atoms with E-state index < -0.39 is 11.8 Å². The largest absolute Gasteiger partial charge is 0.478 e. The summed E-state index contributed by atoms with van der Waals surface area (Å²) in [7, 11) is 0. The molecule has 0 aliphatic carbocycles. The van der Waals surface area contributed by atoms with Crippen LogP contribution in [0.5, 0.6) is 5.88 Å². The number of aromatic nitrogens is 1. The van der Waals surface area contributed by atoms with E-state index in [9.17, 15) is 14.3 Å². The molecule has 0 atom stereocenters. The van der Waals surface area contributed by atoms with E-state index in [0.717, 1.165) is 53.5 Å². The average Bonchev–Trinajstić information content (AvgIpc) is 2.97. The fraction of sp³-hybridized carbons (Fsp3) is 0.343. The minimum Gasteiger partial charge on any atom is -0.478 e. The van der Waals surface area contributed by atoms with Gasteiger partial charge in [-0.2, -0.15) is 0 Å². The Hall–Kier alpha value is -3.66. The van der Waals surface area contributed by atoms with Gasteiger partial charge in [0.15, 0.2) is 0 Å². The van der Waals surface area contributed by atoms with Crippen LogP contribution >= 0.6 is 24.2 Å². The number of hydrogen-bond acceptors (Lipinski definition) is 7. The van der Waals surface area contributed by atoms with E-state index >= 15 is 0 Å². The number of rotatable bonds is 12. The highest BCUT2D eigenvalue weighted by Crippen LogP contribution is 2.30. The highest BCUT2D eigenvalue weighted by molar-refractivity contribution is 7.84. The maximum Gasteiger partial charge on any atom is 0.335 e. The van der Waals surface area contributed by atoms with Crippen LogP contribution in [0.1, 0.15) is 66.2 Å². The molecule has 2 aromatic carbocycles. The Morgan fingerprint density at radius 1 is 1.18 bits per heavy atom. The lowest BCUT2D eigenvalue weighted by Crippen LogP contribution is -2.38. The molecule has 45 heavy (non-hydrogen) atoms. The van der Waals surface area contributed by atoms with Crippen LogP contribution in [0.4, 0.5) is 10.1 Å². The number of carboxylic acid groups (broad SMARTS) is 1. The molecular formula is C35H42ClFN4O3S. The van der Waals surface area contributed by atoms with Gasteiger partial charge in [-0.25, -0.2) is 14.2 Å². The SMILES string of the molecule is C=C(S)CCN(C(=C)CN1CCC(c2cccc(OCc3ccc(Cl)cc3F)n2)CC1)c1cc(C(=O)O)ccc1C.CC(C)=N. The van der Waals surface area contributed by atoms with Crippen LogP contribution < -0.4 is 9.64 Å². The molecule has 1 aliphatic heterocycles. The van der Waals surface area contributed by atoms with Crippen molar-refractivity contribution in [1.82, 2.24) is 9.88 Å². The van der Waals surface area contributed by atoms with Crippen LogP contribution in [0.3, 0.4) is 0 Å². The van der Waals surface area contributed by atoms with Gasteiger partial charge in [0.05, 0.1) is 5.56 Å². The van der Waals surface area contributed by atoms with Gasteiger partial charge in [0, 0.05) is 58.4 Å². The number of nitrogens with one attached hydrogen (secondary N) is 1. The van der Waals surface area contributed by atoms with Crippen molar-refractivity contribution in [2.24, 2.45) is 0 Å². The van der Waals surface area contributed by atoms with Gasteiger partial charge >= 0.3 is 5.97 Å². The Bertz CT molecular complexity index is 1520. The van der Waals surface area contributed by atoms with E-state index in [1.54, 1.807) is 44.2 Å². The highest BCUT2D eigenvalue weighted by atomic mass is 35.5. The molecule has 0 radical (unpaired) electrons. The average molecular weight is 653 g/mol. The lowest BCUT2D eigenvalue weighted by atomic mass is 9.93. The molecule has 2 N–H and O–H groups in total. The summed E-state index contributed by atoms with van der Waals surface area (Å²) >= 11 is 10.2. The van der Waals surface area contributed by atoms with Crippen LogP contribution in [0, 0.1) is 18.2 Å². The molecule has 1 saturated heterocycles. The van der Waals surface area contributed by atoms with E-state index in [2.05, 4.69) is 35.6 Å². The van der Waals surface area contributed by atoms with E-state index in [1.165, 1.54) is 6.07 Å². The summed E-state index contributed by atoms with van der Waals surface area (Å²) in [5.41, 5.74) is 5.00. The van der Waals surface area contributed by atoms with Crippen LogP contribution in [-0.2, 0) is 6.61 Å². The molecule has 7 nitrogen and oxygen atoms in total. The number of ether oxygens (including phenoxy) is 1. The van der Waals surface area contributed by atoms with Gasteiger partial charge < -0.3 is 20.2 Å². The number of thiol groups is 1. The van der Waals surface area contributed by atoms with Gasteiger partial charge in [-0.15, -0.1) is 12.6 Å². The van der Waals surface area contributed by atoms with Crippen LogP contribution in [0.25, 0.3) is 0 Å². The standard InChI is InChI=1S/C32H35ClFN3O3S.C3H7N/c1-21-7-8-25(32(38)39)17-30(21)37(16-11-23(3)41)22(2)19-36-14-12-24(13-15-36)29-5-4-6-31(35-29)40-20-26-9-10-27(33)18-28(26)34;1-3(2)4/h4-10,17-18,24,41H,2-3,11-16,19-20H2,1H3,(H,38,39);4H,1-2H3. The Balaban J connectivity index is 0.00000130.